The molecule has 0 unspecified atom stereocenters. The van der Waals surface area contributed by atoms with Crippen LogP contribution in [-0.4, -0.2) is 35.7 Å². The molecule has 180 valence electrons. The van der Waals surface area contributed by atoms with Crippen LogP contribution in [0.25, 0.3) is 33.7 Å². The van der Waals surface area contributed by atoms with E-state index in [0.717, 1.165) is 52.2 Å². The van der Waals surface area contributed by atoms with Crippen molar-refractivity contribution in [3.05, 3.63) is 81.4 Å². The zero-order chi connectivity index (χ0) is 23.6. The van der Waals surface area contributed by atoms with Crippen LogP contribution in [0.4, 0.5) is 4.39 Å². The summed E-state index contributed by atoms with van der Waals surface area (Å²) >= 11 is 0. The predicted molar refractivity (Wildman–Crippen MR) is 135 cm³/mol. The van der Waals surface area contributed by atoms with Crippen molar-refractivity contribution < 1.29 is 4.39 Å². The Morgan fingerprint density at radius 1 is 1.09 bits per heavy atom. The summed E-state index contributed by atoms with van der Waals surface area (Å²) < 4.78 is 19.7. The van der Waals surface area contributed by atoms with Gasteiger partial charge in [0.2, 0.25) is 0 Å². The average molecular weight is 494 g/mol. The van der Waals surface area contributed by atoms with Crippen LogP contribution in [0, 0.1) is 19.7 Å². The summed E-state index contributed by atoms with van der Waals surface area (Å²) in [6.45, 7) is 4.99. The molecule has 35 heavy (non-hydrogen) atoms. The summed E-state index contributed by atoms with van der Waals surface area (Å²) in [7, 11) is 1.89. The molecule has 0 amide bonds. The first kappa shape index (κ1) is 23.1. The number of aryl methyl sites for hydroxylation is 3. The molecule has 5 aromatic rings. The van der Waals surface area contributed by atoms with Gasteiger partial charge in [0.15, 0.2) is 0 Å². The van der Waals surface area contributed by atoms with Gasteiger partial charge in [-0.05, 0) is 55.3 Å². The van der Waals surface area contributed by atoms with E-state index >= 15 is 0 Å². The highest BCUT2D eigenvalue weighted by Gasteiger charge is 2.26. The topological polar surface area (TPSA) is 85.5 Å². The fourth-order valence-electron chi connectivity index (χ4n) is 4.89. The molecule has 0 radical (unpaired) electrons. The Kier molecular flexibility index (Phi) is 5.61. The van der Waals surface area contributed by atoms with Gasteiger partial charge in [0.05, 0.1) is 40.2 Å². The second-order valence-corrected chi connectivity index (χ2v) is 8.83. The van der Waals surface area contributed by atoms with Crippen LogP contribution in [0.2, 0.25) is 0 Å². The van der Waals surface area contributed by atoms with Gasteiger partial charge in [-0.2, -0.15) is 10.2 Å². The summed E-state index contributed by atoms with van der Waals surface area (Å²) in [6.07, 6.45) is 4.29. The van der Waals surface area contributed by atoms with Gasteiger partial charge < -0.3 is 10.3 Å². The smallest absolute Gasteiger partial charge is 0.312 e. The van der Waals surface area contributed by atoms with E-state index in [1.54, 1.807) is 47.6 Å². The Morgan fingerprint density at radius 2 is 1.86 bits per heavy atom. The molecule has 8 nitrogen and oxygen atoms in total. The highest BCUT2D eigenvalue weighted by molar-refractivity contribution is 5.85. The van der Waals surface area contributed by atoms with Crippen LogP contribution in [0.5, 0.6) is 0 Å². The molecule has 0 atom stereocenters. The lowest BCUT2D eigenvalue weighted by atomic mass is 10.0. The van der Waals surface area contributed by atoms with Crippen LogP contribution in [0.15, 0.2) is 47.5 Å². The maximum atomic E-state index is 14.4. The standard InChI is InChI=1S/C25H24FN7O.ClH/c1-14-8-18(9-15(2)23(14)26)33-24(19-12-27-7-6-20(19)30-33)22-13-28-25(34)32(22)17-4-5-21-16(10-17)11-29-31(21)3;/h4-5,8-11,13,27H,6-7,12H2,1-3H3,(H,28,34);1H. The van der Waals surface area contributed by atoms with Crippen LogP contribution in [0.3, 0.4) is 0 Å². The Labute approximate surface area is 206 Å². The monoisotopic (exact) mass is 493 g/mol. The summed E-state index contributed by atoms with van der Waals surface area (Å²) in [5.41, 5.74) is 6.90. The van der Waals surface area contributed by atoms with Crippen LogP contribution in [-0.2, 0) is 20.0 Å². The second kappa shape index (κ2) is 8.51. The first-order valence-corrected chi connectivity index (χ1v) is 11.2. The molecular formula is C25H25ClFN7O. The molecule has 4 heterocycles. The quantitative estimate of drug-likeness (QED) is 0.401. The summed E-state index contributed by atoms with van der Waals surface area (Å²) in [5, 5.41) is 13.6. The number of hydrogen-bond acceptors (Lipinski definition) is 4. The lowest BCUT2D eigenvalue weighted by molar-refractivity contribution is 0.608. The number of aromatic amines is 1. The third-order valence-electron chi connectivity index (χ3n) is 6.58. The molecule has 6 rings (SSSR count). The van der Waals surface area contributed by atoms with E-state index in [2.05, 4.69) is 15.4 Å². The number of benzene rings is 2. The second-order valence-electron chi connectivity index (χ2n) is 8.83. The molecule has 2 N–H and O–H groups in total. The largest absolute Gasteiger partial charge is 0.330 e. The van der Waals surface area contributed by atoms with Crippen LogP contribution < -0.4 is 11.0 Å². The first-order chi connectivity index (χ1) is 16.4. The van der Waals surface area contributed by atoms with E-state index in [0.29, 0.717) is 23.4 Å². The van der Waals surface area contributed by atoms with Crippen molar-refractivity contribution in [2.45, 2.75) is 26.8 Å². The fourth-order valence-corrected chi connectivity index (χ4v) is 4.89. The van der Waals surface area contributed by atoms with E-state index in [9.17, 15) is 9.18 Å². The number of fused-ring (bicyclic) bond motifs is 2. The molecule has 1 aliphatic rings. The zero-order valence-electron chi connectivity index (χ0n) is 19.6. The molecule has 0 fully saturated rings. The minimum absolute atomic E-state index is 0. The van der Waals surface area contributed by atoms with Crippen LogP contribution in [0.1, 0.15) is 22.4 Å². The van der Waals surface area contributed by atoms with E-state index in [4.69, 9.17) is 5.10 Å². The first-order valence-electron chi connectivity index (χ1n) is 11.2. The highest BCUT2D eigenvalue weighted by atomic mass is 35.5. The maximum Gasteiger partial charge on any atom is 0.330 e. The van der Waals surface area contributed by atoms with Gasteiger partial charge in [0.1, 0.15) is 5.82 Å². The lowest BCUT2D eigenvalue weighted by Gasteiger charge is -2.15. The SMILES string of the molecule is Cc1cc(-n2nc3c(c2-c2c[nH]c(=O)n2-c2ccc4c(cnn4C)c2)CNCC3)cc(C)c1F.Cl. The highest BCUT2D eigenvalue weighted by Crippen LogP contribution is 2.33. The van der Waals surface area contributed by atoms with E-state index < -0.39 is 0 Å². The third kappa shape index (κ3) is 3.59. The van der Waals surface area contributed by atoms with E-state index in [-0.39, 0.29) is 23.9 Å². The van der Waals surface area contributed by atoms with Gasteiger partial charge >= 0.3 is 5.69 Å². The number of H-pyrrole nitrogens is 1. The van der Waals surface area contributed by atoms with E-state index in [1.807, 2.05) is 29.9 Å². The molecule has 0 saturated heterocycles. The van der Waals surface area contributed by atoms with Gasteiger partial charge in [0.25, 0.3) is 0 Å². The van der Waals surface area contributed by atoms with Gasteiger partial charge in [-0.3, -0.25) is 9.25 Å². The van der Waals surface area contributed by atoms with Crippen molar-refractivity contribution in [2.75, 3.05) is 6.54 Å². The number of aromatic nitrogens is 6. The molecule has 3 aromatic heterocycles. The Balaban J connectivity index is 0.00000253. The van der Waals surface area contributed by atoms with Crippen molar-refractivity contribution >= 4 is 23.3 Å². The minimum atomic E-state index is -0.241. The van der Waals surface area contributed by atoms with Crippen molar-refractivity contribution in [1.29, 1.82) is 0 Å². The number of nitrogens with zero attached hydrogens (tertiary/aromatic N) is 5. The number of hydrogen-bond donors (Lipinski definition) is 2. The van der Waals surface area contributed by atoms with Gasteiger partial charge in [-0.1, -0.05) is 0 Å². The average Bonchev–Trinajstić information content (AvgIpc) is 3.51. The summed E-state index contributed by atoms with van der Waals surface area (Å²) in [5.74, 6) is -0.216. The number of rotatable bonds is 3. The minimum Gasteiger partial charge on any atom is -0.312 e. The predicted octanol–water partition coefficient (Wildman–Crippen LogP) is 3.73. The fraction of sp³-hybridized carbons (Fsp3) is 0.240. The number of imidazole rings is 1. The molecular weight excluding hydrogens is 469 g/mol. The van der Waals surface area contributed by atoms with Crippen molar-refractivity contribution in [1.82, 2.24) is 34.4 Å². The molecule has 0 spiro atoms. The van der Waals surface area contributed by atoms with Gasteiger partial charge in [-0.25, -0.2) is 13.9 Å². The zero-order valence-corrected chi connectivity index (χ0v) is 20.4. The molecule has 2 aromatic carbocycles. The molecule has 1 aliphatic heterocycles. The molecule has 0 saturated carbocycles. The van der Waals surface area contributed by atoms with Crippen LogP contribution >= 0.6 is 12.4 Å². The Hall–Kier alpha value is -3.69. The summed E-state index contributed by atoms with van der Waals surface area (Å²) in [4.78, 5) is 15.9. The maximum absolute atomic E-state index is 14.4. The Morgan fingerprint density at radius 3 is 2.63 bits per heavy atom. The normalized spacial score (nSPS) is 13.1. The van der Waals surface area contributed by atoms with E-state index in [1.165, 1.54) is 0 Å². The molecule has 0 aliphatic carbocycles. The number of nitrogens with one attached hydrogen (secondary N) is 2. The van der Waals surface area contributed by atoms with Crippen molar-refractivity contribution in [2.24, 2.45) is 7.05 Å². The van der Waals surface area contributed by atoms with Crippen molar-refractivity contribution in [3.63, 3.8) is 0 Å². The molecule has 0 bridgehead atoms. The molecule has 10 heteroatoms. The van der Waals surface area contributed by atoms with Gasteiger partial charge in [-0.15, -0.1) is 12.4 Å². The number of halogens is 2. The summed E-state index contributed by atoms with van der Waals surface area (Å²) in [6, 6.07) is 9.43. The third-order valence-corrected chi connectivity index (χ3v) is 6.58. The van der Waals surface area contributed by atoms with Gasteiger partial charge in [0, 0.05) is 43.7 Å². The lowest BCUT2D eigenvalue weighted by Crippen LogP contribution is -2.23. The van der Waals surface area contributed by atoms with Crippen molar-refractivity contribution in [3.8, 4) is 22.8 Å². The Bertz CT molecular complexity index is 1620.